The van der Waals surface area contributed by atoms with Crippen molar-refractivity contribution < 1.29 is 22.8 Å². The van der Waals surface area contributed by atoms with E-state index in [1.165, 1.54) is 4.90 Å². The Morgan fingerprint density at radius 1 is 1.18 bits per heavy atom. The number of nitrogens with one attached hydrogen (secondary N) is 1. The zero-order chi connectivity index (χ0) is 20.6. The number of carbonyl (C=O) groups excluding carboxylic acids is 2. The summed E-state index contributed by atoms with van der Waals surface area (Å²) in [6, 6.07) is 7.80. The van der Waals surface area contributed by atoms with Crippen molar-refractivity contribution in [2.24, 2.45) is 5.92 Å². The third-order valence-electron chi connectivity index (χ3n) is 4.58. The van der Waals surface area contributed by atoms with Crippen molar-refractivity contribution in [3.8, 4) is 0 Å². The van der Waals surface area contributed by atoms with Crippen LogP contribution in [0.25, 0.3) is 0 Å². The largest absolute Gasteiger partial charge is 0.416 e. The van der Waals surface area contributed by atoms with Crippen LogP contribution in [0.2, 0.25) is 10.0 Å². The monoisotopic (exact) mass is 430 g/mol. The van der Waals surface area contributed by atoms with Crippen molar-refractivity contribution in [2.75, 3.05) is 16.8 Å². The number of amides is 2. The number of hydrogen-bond donors (Lipinski definition) is 1. The van der Waals surface area contributed by atoms with Gasteiger partial charge in [-0.3, -0.25) is 9.59 Å². The Kier molecular flexibility index (Phi) is 5.59. The van der Waals surface area contributed by atoms with Gasteiger partial charge < -0.3 is 10.2 Å². The molecule has 1 fully saturated rings. The lowest BCUT2D eigenvalue weighted by Gasteiger charge is -2.20. The van der Waals surface area contributed by atoms with Crippen molar-refractivity contribution in [1.82, 2.24) is 0 Å². The first kappa shape index (κ1) is 20.5. The summed E-state index contributed by atoms with van der Waals surface area (Å²) in [5.74, 6) is -1.56. The minimum atomic E-state index is -4.56. The van der Waals surface area contributed by atoms with Gasteiger partial charge in [-0.2, -0.15) is 13.2 Å². The number of anilines is 2. The molecule has 0 saturated carbocycles. The fourth-order valence-corrected chi connectivity index (χ4v) is 3.37. The van der Waals surface area contributed by atoms with Crippen LogP contribution < -0.4 is 10.2 Å². The standard InChI is InChI=1S/C19H15Cl2F3N2O2/c1-10-13(20)3-2-4-16(10)26-9-11(7-17(26)27)18(28)25-15-8-12(19(22,23)24)5-6-14(15)21/h2-6,8,11H,7,9H2,1H3,(H,25,28)/t11-/m0/s1. The molecule has 0 aliphatic carbocycles. The van der Waals surface area contributed by atoms with E-state index in [4.69, 9.17) is 23.2 Å². The topological polar surface area (TPSA) is 49.4 Å². The maximum Gasteiger partial charge on any atom is 0.416 e. The van der Waals surface area contributed by atoms with Crippen molar-refractivity contribution in [2.45, 2.75) is 19.5 Å². The van der Waals surface area contributed by atoms with E-state index in [0.29, 0.717) is 16.3 Å². The van der Waals surface area contributed by atoms with Crippen LogP contribution in [0.4, 0.5) is 24.5 Å². The van der Waals surface area contributed by atoms with E-state index in [2.05, 4.69) is 5.32 Å². The number of halogens is 5. The Balaban J connectivity index is 1.78. The molecule has 2 aromatic rings. The SMILES string of the molecule is Cc1c(Cl)cccc1N1C[C@@H](C(=O)Nc2cc(C(F)(F)F)ccc2Cl)CC1=O. The van der Waals surface area contributed by atoms with E-state index in [-0.39, 0.29) is 29.6 Å². The quantitative estimate of drug-likeness (QED) is 0.716. The zero-order valence-corrected chi connectivity index (χ0v) is 16.1. The van der Waals surface area contributed by atoms with E-state index in [1.807, 2.05) is 0 Å². The molecule has 2 amide bonds. The molecule has 1 heterocycles. The van der Waals surface area contributed by atoms with Gasteiger partial charge in [0.1, 0.15) is 0 Å². The normalized spacial score (nSPS) is 17.1. The molecular formula is C19H15Cl2F3N2O2. The van der Waals surface area contributed by atoms with Gasteiger partial charge in [0.2, 0.25) is 11.8 Å². The summed E-state index contributed by atoms with van der Waals surface area (Å²) in [7, 11) is 0. The summed E-state index contributed by atoms with van der Waals surface area (Å²) in [6.45, 7) is 1.86. The van der Waals surface area contributed by atoms with Crippen LogP contribution in [-0.2, 0) is 15.8 Å². The first-order valence-electron chi connectivity index (χ1n) is 8.31. The van der Waals surface area contributed by atoms with E-state index in [0.717, 1.165) is 18.2 Å². The van der Waals surface area contributed by atoms with Crippen LogP contribution in [0.1, 0.15) is 17.5 Å². The fraction of sp³-hybridized carbons (Fsp3) is 0.263. The summed E-state index contributed by atoms with van der Waals surface area (Å²) >= 11 is 12.0. The summed E-state index contributed by atoms with van der Waals surface area (Å²) < 4.78 is 38.6. The van der Waals surface area contributed by atoms with E-state index < -0.39 is 23.6 Å². The van der Waals surface area contributed by atoms with Crippen LogP contribution in [0, 0.1) is 12.8 Å². The molecule has 2 aromatic carbocycles. The molecule has 4 nitrogen and oxygen atoms in total. The number of rotatable bonds is 3. The lowest BCUT2D eigenvalue weighted by molar-refractivity contribution is -0.137. The number of nitrogens with zero attached hydrogens (tertiary/aromatic N) is 1. The van der Waals surface area contributed by atoms with Gasteiger partial charge in [-0.05, 0) is 42.8 Å². The Labute approximate surface area is 169 Å². The van der Waals surface area contributed by atoms with Crippen molar-refractivity contribution in [3.05, 3.63) is 57.6 Å². The molecule has 9 heteroatoms. The van der Waals surface area contributed by atoms with Gasteiger partial charge in [-0.1, -0.05) is 29.3 Å². The maximum atomic E-state index is 12.9. The highest BCUT2D eigenvalue weighted by Crippen LogP contribution is 2.35. The van der Waals surface area contributed by atoms with Crippen LogP contribution in [0.15, 0.2) is 36.4 Å². The second-order valence-electron chi connectivity index (χ2n) is 6.47. The predicted octanol–water partition coefficient (Wildman–Crippen LogP) is 5.31. The molecular weight excluding hydrogens is 416 g/mol. The third kappa shape index (κ3) is 4.10. The second kappa shape index (κ2) is 7.64. The molecule has 0 radical (unpaired) electrons. The Morgan fingerprint density at radius 3 is 2.57 bits per heavy atom. The van der Waals surface area contributed by atoms with E-state index in [1.54, 1.807) is 25.1 Å². The maximum absolute atomic E-state index is 12.9. The molecule has 148 valence electrons. The van der Waals surface area contributed by atoms with Gasteiger partial charge in [0.25, 0.3) is 0 Å². The minimum Gasteiger partial charge on any atom is -0.324 e. The van der Waals surface area contributed by atoms with Crippen LogP contribution in [0.3, 0.4) is 0 Å². The molecule has 1 aliphatic heterocycles. The number of alkyl halides is 3. The Bertz CT molecular complexity index is 947. The molecule has 1 saturated heterocycles. The van der Waals surface area contributed by atoms with Crippen molar-refractivity contribution in [3.63, 3.8) is 0 Å². The average molecular weight is 431 g/mol. The van der Waals surface area contributed by atoms with Gasteiger partial charge in [0, 0.05) is 23.7 Å². The second-order valence-corrected chi connectivity index (χ2v) is 7.29. The molecule has 0 unspecified atom stereocenters. The molecule has 1 N–H and O–H groups in total. The first-order valence-corrected chi connectivity index (χ1v) is 9.06. The number of hydrogen-bond acceptors (Lipinski definition) is 2. The fourth-order valence-electron chi connectivity index (χ4n) is 3.04. The lowest BCUT2D eigenvalue weighted by atomic mass is 10.1. The Hall–Kier alpha value is -2.25. The molecule has 3 rings (SSSR count). The molecule has 28 heavy (non-hydrogen) atoms. The lowest BCUT2D eigenvalue weighted by Crippen LogP contribution is -2.28. The van der Waals surface area contributed by atoms with Gasteiger partial charge in [0.05, 0.1) is 22.2 Å². The number of benzene rings is 2. The Morgan fingerprint density at radius 2 is 1.89 bits per heavy atom. The van der Waals surface area contributed by atoms with E-state index >= 15 is 0 Å². The predicted molar refractivity (Wildman–Crippen MR) is 102 cm³/mol. The van der Waals surface area contributed by atoms with Crippen LogP contribution >= 0.6 is 23.2 Å². The average Bonchev–Trinajstić information content (AvgIpc) is 3.00. The summed E-state index contributed by atoms with van der Waals surface area (Å²) in [4.78, 5) is 26.4. The van der Waals surface area contributed by atoms with Crippen molar-refractivity contribution >= 4 is 46.4 Å². The number of carbonyl (C=O) groups is 2. The summed E-state index contributed by atoms with van der Waals surface area (Å²) in [5.41, 5.74) is 0.238. The van der Waals surface area contributed by atoms with Crippen molar-refractivity contribution in [1.29, 1.82) is 0 Å². The van der Waals surface area contributed by atoms with Crippen LogP contribution in [0.5, 0.6) is 0 Å². The van der Waals surface area contributed by atoms with Gasteiger partial charge in [0.15, 0.2) is 0 Å². The van der Waals surface area contributed by atoms with Gasteiger partial charge >= 0.3 is 6.18 Å². The van der Waals surface area contributed by atoms with Gasteiger partial charge in [-0.25, -0.2) is 0 Å². The summed E-state index contributed by atoms with van der Waals surface area (Å²) in [6.07, 6.45) is -4.62. The smallest absolute Gasteiger partial charge is 0.324 e. The molecule has 0 aromatic heterocycles. The highest BCUT2D eigenvalue weighted by molar-refractivity contribution is 6.33. The van der Waals surface area contributed by atoms with E-state index in [9.17, 15) is 22.8 Å². The first-order chi connectivity index (χ1) is 13.1. The molecule has 1 aliphatic rings. The molecule has 0 spiro atoms. The zero-order valence-electron chi connectivity index (χ0n) is 14.6. The highest BCUT2D eigenvalue weighted by atomic mass is 35.5. The molecule has 1 atom stereocenters. The summed E-state index contributed by atoms with van der Waals surface area (Å²) in [5, 5.41) is 2.88. The van der Waals surface area contributed by atoms with Crippen LogP contribution in [-0.4, -0.2) is 18.4 Å². The molecule has 0 bridgehead atoms. The highest BCUT2D eigenvalue weighted by Gasteiger charge is 2.36. The third-order valence-corrected chi connectivity index (χ3v) is 5.32. The van der Waals surface area contributed by atoms with Gasteiger partial charge in [-0.15, -0.1) is 0 Å². The minimum absolute atomic E-state index is 0.0202.